The first-order chi connectivity index (χ1) is 10.2. The fraction of sp³-hybridized carbons (Fsp3) is 0.889. The van der Waals surface area contributed by atoms with E-state index in [9.17, 15) is 61.9 Å². The Morgan fingerprint density at radius 2 is 1.00 bits per heavy atom. The van der Waals surface area contributed by atoms with Gasteiger partial charge in [0, 0.05) is 6.92 Å². The summed E-state index contributed by atoms with van der Waals surface area (Å²) in [5.74, 6) is -39.2. The van der Waals surface area contributed by atoms with Gasteiger partial charge >= 0.3 is 41.8 Å². The molecule has 0 unspecified atom stereocenters. The molecule has 0 spiro atoms. The summed E-state index contributed by atoms with van der Waals surface area (Å²) in [6.07, 6.45) is -7.46. The molecule has 0 heterocycles. The summed E-state index contributed by atoms with van der Waals surface area (Å²) < 4.78 is 166. The first-order valence-corrected chi connectivity index (χ1v) is 5.26. The van der Waals surface area contributed by atoms with Crippen molar-refractivity contribution in [1.29, 1.82) is 0 Å². The molecule has 0 aromatic heterocycles. The quantitative estimate of drug-likeness (QED) is 0.498. The van der Waals surface area contributed by atoms with Crippen LogP contribution in [0.1, 0.15) is 6.92 Å². The van der Waals surface area contributed by atoms with Crippen molar-refractivity contribution < 1.29 is 66.6 Å². The molecule has 0 aliphatic rings. The van der Waals surface area contributed by atoms with Crippen LogP contribution >= 0.6 is 0 Å². The summed E-state index contributed by atoms with van der Waals surface area (Å²) >= 11 is 0. The van der Waals surface area contributed by atoms with E-state index in [1.54, 1.807) is 0 Å². The number of ether oxygens (including phenoxy) is 1. The third kappa shape index (κ3) is 3.20. The van der Waals surface area contributed by atoms with Gasteiger partial charge in [-0.3, -0.25) is 4.79 Å². The van der Waals surface area contributed by atoms with Gasteiger partial charge in [0.25, 0.3) is 0 Å². The fourth-order valence-electron chi connectivity index (χ4n) is 1.08. The minimum absolute atomic E-state index is 0.304. The Balaban J connectivity index is 6.05. The first kappa shape index (κ1) is 22.6. The molecule has 0 bridgehead atoms. The van der Waals surface area contributed by atoms with Crippen molar-refractivity contribution >= 4 is 5.97 Å². The number of hydrogen-bond acceptors (Lipinski definition) is 2. The van der Waals surface area contributed by atoms with E-state index in [-0.39, 0.29) is 0 Å². The molecule has 0 amide bonds. The monoisotopic (exact) mass is 392 g/mol. The molecular weight excluding hydrogens is 387 g/mol. The van der Waals surface area contributed by atoms with E-state index in [0.717, 1.165) is 0 Å². The Labute approximate surface area is 123 Å². The number of halogens is 13. The van der Waals surface area contributed by atoms with Crippen molar-refractivity contribution in [3.05, 3.63) is 0 Å². The lowest BCUT2D eigenvalue weighted by molar-refractivity contribution is -0.441. The summed E-state index contributed by atoms with van der Waals surface area (Å²) in [7, 11) is 0. The highest BCUT2D eigenvalue weighted by atomic mass is 19.4. The van der Waals surface area contributed by atoms with Gasteiger partial charge in [-0.15, -0.1) is 0 Å². The molecule has 0 radical (unpaired) electrons. The van der Waals surface area contributed by atoms with Crippen molar-refractivity contribution in [1.82, 2.24) is 0 Å². The van der Waals surface area contributed by atoms with Crippen molar-refractivity contribution in [2.24, 2.45) is 0 Å². The summed E-state index contributed by atoms with van der Waals surface area (Å²) in [4.78, 5) is 10.1. The van der Waals surface area contributed by atoms with Crippen LogP contribution in [0.3, 0.4) is 0 Å². The lowest BCUT2D eigenvalue weighted by atomic mass is 9.94. The van der Waals surface area contributed by atoms with E-state index in [1.165, 1.54) is 0 Å². The van der Waals surface area contributed by atoms with Crippen molar-refractivity contribution in [2.75, 3.05) is 6.61 Å². The number of rotatable bonds is 6. The Morgan fingerprint density at radius 1 is 0.667 bits per heavy atom. The lowest BCUT2D eigenvalue weighted by Crippen LogP contribution is -2.70. The standard InChI is InChI=1S/C9H5F13O2/c1-3(23)24-2-4(10,11)5(12,13)6(14,15)7(16,17)8(18,19)9(20,21)22/h2H2,1H3. The van der Waals surface area contributed by atoms with Gasteiger partial charge in [0.1, 0.15) is 0 Å². The highest BCUT2D eigenvalue weighted by Gasteiger charge is 2.90. The predicted octanol–water partition coefficient (Wildman–Crippen LogP) is 4.29. The number of carbonyl (C=O) groups excluding carboxylic acids is 1. The van der Waals surface area contributed by atoms with E-state index in [1.807, 2.05) is 0 Å². The van der Waals surface area contributed by atoms with E-state index >= 15 is 0 Å². The van der Waals surface area contributed by atoms with Crippen LogP contribution in [0.15, 0.2) is 0 Å². The van der Waals surface area contributed by atoms with E-state index in [4.69, 9.17) is 0 Å². The Bertz CT molecular complexity index is 478. The Morgan fingerprint density at radius 3 is 1.29 bits per heavy atom. The largest absolute Gasteiger partial charge is 0.460 e. The Kier molecular flexibility index (Phi) is 5.47. The summed E-state index contributed by atoms with van der Waals surface area (Å²) in [5.41, 5.74) is 0. The fourth-order valence-corrected chi connectivity index (χ4v) is 1.08. The van der Waals surface area contributed by atoms with Crippen LogP contribution in [-0.4, -0.2) is 48.4 Å². The van der Waals surface area contributed by atoms with Gasteiger partial charge in [-0.25, -0.2) is 0 Å². The van der Waals surface area contributed by atoms with Gasteiger partial charge in [-0.05, 0) is 0 Å². The van der Waals surface area contributed by atoms with Crippen LogP contribution in [-0.2, 0) is 9.53 Å². The minimum atomic E-state index is -7.96. The van der Waals surface area contributed by atoms with E-state index in [0.29, 0.717) is 6.92 Å². The normalized spacial score (nSPS) is 15.4. The molecule has 0 aliphatic heterocycles. The van der Waals surface area contributed by atoms with Crippen molar-refractivity contribution in [2.45, 2.75) is 42.7 Å². The van der Waals surface area contributed by atoms with Crippen LogP contribution in [0.2, 0.25) is 0 Å². The predicted molar refractivity (Wildman–Crippen MR) is 47.4 cm³/mol. The smallest absolute Gasteiger partial charge is 0.459 e. The molecule has 24 heavy (non-hydrogen) atoms. The molecule has 0 N–H and O–H groups in total. The Hall–Kier alpha value is -1.44. The second-order valence-corrected chi connectivity index (χ2v) is 4.28. The molecule has 0 saturated heterocycles. The SMILES string of the molecule is CC(=O)OCC(F)(F)C(F)(F)C(F)(F)C(F)(F)C(F)(F)C(F)(F)F. The zero-order valence-electron chi connectivity index (χ0n) is 10.9. The molecule has 0 aromatic rings. The van der Waals surface area contributed by atoms with Crippen LogP contribution in [0.4, 0.5) is 57.1 Å². The maximum Gasteiger partial charge on any atom is 0.460 e. The third-order valence-corrected chi connectivity index (χ3v) is 2.46. The first-order valence-electron chi connectivity index (χ1n) is 5.26. The summed E-state index contributed by atoms with van der Waals surface area (Å²) in [6, 6.07) is 0. The van der Waals surface area contributed by atoms with Crippen LogP contribution < -0.4 is 0 Å². The molecule has 0 saturated carbocycles. The second-order valence-electron chi connectivity index (χ2n) is 4.28. The maximum atomic E-state index is 13.0. The molecule has 0 rings (SSSR count). The molecule has 0 atom stereocenters. The zero-order chi connectivity index (χ0) is 20.0. The van der Waals surface area contributed by atoms with Crippen LogP contribution in [0.25, 0.3) is 0 Å². The average molecular weight is 392 g/mol. The lowest BCUT2D eigenvalue weighted by Gasteiger charge is -2.39. The molecule has 0 aliphatic carbocycles. The summed E-state index contributed by atoms with van der Waals surface area (Å²) in [5, 5.41) is 0. The highest BCUT2D eigenvalue weighted by Crippen LogP contribution is 2.60. The summed E-state index contributed by atoms with van der Waals surface area (Å²) in [6.45, 7) is -2.67. The zero-order valence-corrected chi connectivity index (χ0v) is 10.9. The molecular formula is C9H5F13O2. The highest BCUT2D eigenvalue weighted by molar-refractivity contribution is 5.65. The molecule has 0 fully saturated rings. The topological polar surface area (TPSA) is 26.3 Å². The molecule has 2 nitrogen and oxygen atoms in total. The number of esters is 1. The van der Waals surface area contributed by atoms with Crippen molar-refractivity contribution in [3.8, 4) is 0 Å². The average Bonchev–Trinajstić information content (AvgIpc) is 2.34. The molecule has 15 heteroatoms. The van der Waals surface area contributed by atoms with Crippen LogP contribution in [0.5, 0.6) is 0 Å². The third-order valence-electron chi connectivity index (χ3n) is 2.46. The van der Waals surface area contributed by atoms with Crippen molar-refractivity contribution in [3.63, 3.8) is 0 Å². The van der Waals surface area contributed by atoms with Gasteiger partial charge in [0.2, 0.25) is 0 Å². The van der Waals surface area contributed by atoms with Gasteiger partial charge in [-0.1, -0.05) is 0 Å². The maximum absolute atomic E-state index is 13.0. The van der Waals surface area contributed by atoms with Crippen LogP contribution in [0, 0.1) is 0 Å². The van der Waals surface area contributed by atoms with Gasteiger partial charge < -0.3 is 4.74 Å². The van der Waals surface area contributed by atoms with Gasteiger partial charge in [0.05, 0.1) is 0 Å². The molecule has 144 valence electrons. The van der Waals surface area contributed by atoms with Gasteiger partial charge in [0.15, 0.2) is 6.61 Å². The molecule has 0 aromatic carbocycles. The minimum Gasteiger partial charge on any atom is -0.459 e. The number of hydrogen-bond donors (Lipinski definition) is 0. The van der Waals surface area contributed by atoms with E-state index in [2.05, 4.69) is 4.74 Å². The van der Waals surface area contributed by atoms with E-state index < -0.39 is 48.4 Å². The number of carbonyl (C=O) groups is 1. The second kappa shape index (κ2) is 5.82. The number of alkyl halides is 13. The van der Waals surface area contributed by atoms with Gasteiger partial charge in [-0.2, -0.15) is 57.1 Å².